The van der Waals surface area contributed by atoms with Crippen LogP contribution in [0.15, 0.2) is 17.4 Å². The number of oxime groups is 1. The molecule has 4 rings (SSSR count). The molecular formula is C17H19ClF3N5O4. The first-order valence-electron chi connectivity index (χ1n) is 9.23. The lowest BCUT2D eigenvalue weighted by Crippen LogP contribution is -2.48. The molecule has 164 valence electrons. The Hall–Kier alpha value is -2.15. The molecule has 1 amide bonds. The first-order chi connectivity index (χ1) is 14.2. The number of anilines is 1. The maximum absolute atomic E-state index is 12.8. The van der Waals surface area contributed by atoms with E-state index in [0.29, 0.717) is 25.9 Å². The van der Waals surface area contributed by atoms with E-state index in [2.05, 4.69) is 10.1 Å². The standard InChI is InChI=1S/C17H19ClF3N5O4/c18-11-5-9(17(19,20)21)6-23-14(11)26-3-1-16(2-4-26)28-7-10-12(8-29-16)30-25-13(10)15(27)24-22/h5-6,10,12H,1-4,7-8,22H2,(H,24,27)/t10-,12-/m0/s1. The average Bonchev–Trinajstić information content (AvgIpc) is 3.05. The third-order valence-electron chi connectivity index (χ3n) is 5.46. The second-order valence-electron chi connectivity index (χ2n) is 7.25. The van der Waals surface area contributed by atoms with Crippen LogP contribution in [0.25, 0.3) is 0 Å². The molecule has 1 spiro atoms. The molecule has 30 heavy (non-hydrogen) atoms. The van der Waals surface area contributed by atoms with Gasteiger partial charge in [-0.25, -0.2) is 10.8 Å². The number of alkyl halides is 3. The van der Waals surface area contributed by atoms with E-state index in [1.807, 2.05) is 5.43 Å². The molecule has 1 aromatic rings. The Labute approximate surface area is 174 Å². The van der Waals surface area contributed by atoms with Crippen molar-refractivity contribution in [3.05, 3.63) is 22.8 Å². The third kappa shape index (κ3) is 3.92. The second-order valence-corrected chi connectivity index (χ2v) is 7.65. The van der Waals surface area contributed by atoms with Gasteiger partial charge in [-0.05, 0) is 6.07 Å². The number of pyridine rings is 1. The number of halogens is 4. The van der Waals surface area contributed by atoms with Gasteiger partial charge in [0.15, 0.2) is 17.6 Å². The molecule has 4 heterocycles. The molecule has 2 atom stereocenters. The summed E-state index contributed by atoms with van der Waals surface area (Å²) in [7, 11) is 0. The fourth-order valence-corrected chi connectivity index (χ4v) is 4.03. The molecule has 3 N–H and O–H groups in total. The van der Waals surface area contributed by atoms with Crippen molar-refractivity contribution in [2.24, 2.45) is 16.9 Å². The fraction of sp³-hybridized carbons (Fsp3) is 0.588. The van der Waals surface area contributed by atoms with Crippen LogP contribution < -0.4 is 16.2 Å². The van der Waals surface area contributed by atoms with Crippen LogP contribution in [-0.2, 0) is 25.3 Å². The van der Waals surface area contributed by atoms with Gasteiger partial charge in [0.1, 0.15) is 5.82 Å². The fourth-order valence-electron chi connectivity index (χ4n) is 3.74. The summed E-state index contributed by atoms with van der Waals surface area (Å²) in [5, 5.41) is 3.70. The lowest BCUT2D eigenvalue weighted by molar-refractivity contribution is -0.240. The number of fused-ring (bicyclic) bond motifs is 1. The van der Waals surface area contributed by atoms with Gasteiger partial charge in [0, 0.05) is 32.1 Å². The summed E-state index contributed by atoms with van der Waals surface area (Å²) >= 11 is 6.05. The Morgan fingerprint density at radius 1 is 1.30 bits per heavy atom. The molecule has 1 aromatic heterocycles. The van der Waals surface area contributed by atoms with Gasteiger partial charge in [-0.1, -0.05) is 16.8 Å². The Morgan fingerprint density at radius 3 is 2.63 bits per heavy atom. The summed E-state index contributed by atoms with van der Waals surface area (Å²) in [6.45, 7) is 1.17. The molecule has 13 heteroatoms. The van der Waals surface area contributed by atoms with Crippen molar-refractivity contribution >= 4 is 29.0 Å². The van der Waals surface area contributed by atoms with Crippen molar-refractivity contribution in [1.29, 1.82) is 0 Å². The molecule has 0 bridgehead atoms. The van der Waals surface area contributed by atoms with Crippen molar-refractivity contribution < 1.29 is 32.3 Å². The summed E-state index contributed by atoms with van der Waals surface area (Å²) in [5.41, 5.74) is 1.29. The Bertz CT molecular complexity index is 860. The number of nitrogens with one attached hydrogen (secondary N) is 1. The summed E-state index contributed by atoms with van der Waals surface area (Å²) in [6, 6.07) is 0.870. The number of hydrogen-bond donors (Lipinski definition) is 2. The van der Waals surface area contributed by atoms with E-state index in [4.69, 9.17) is 31.8 Å². The summed E-state index contributed by atoms with van der Waals surface area (Å²) in [4.78, 5) is 22.8. The van der Waals surface area contributed by atoms with Crippen LogP contribution in [0.4, 0.5) is 19.0 Å². The van der Waals surface area contributed by atoms with Crippen LogP contribution in [0.1, 0.15) is 18.4 Å². The number of hydrogen-bond acceptors (Lipinski definition) is 8. The molecule has 0 saturated carbocycles. The Balaban J connectivity index is 1.41. The molecular weight excluding hydrogens is 431 g/mol. The molecule has 0 aromatic carbocycles. The molecule has 0 unspecified atom stereocenters. The summed E-state index contributed by atoms with van der Waals surface area (Å²) in [6.07, 6.45) is -3.33. The van der Waals surface area contributed by atoms with E-state index < -0.39 is 35.5 Å². The monoisotopic (exact) mass is 449 g/mol. The zero-order chi connectivity index (χ0) is 21.5. The smallest absolute Gasteiger partial charge is 0.389 e. The highest BCUT2D eigenvalue weighted by atomic mass is 35.5. The predicted molar refractivity (Wildman–Crippen MR) is 98.5 cm³/mol. The zero-order valence-corrected chi connectivity index (χ0v) is 16.4. The third-order valence-corrected chi connectivity index (χ3v) is 5.74. The van der Waals surface area contributed by atoms with E-state index in [0.717, 1.165) is 12.3 Å². The van der Waals surface area contributed by atoms with Crippen LogP contribution in [-0.4, -0.2) is 54.8 Å². The van der Waals surface area contributed by atoms with E-state index in [1.165, 1.54) is 0 Å². The number of nitrogens with two attached hydrogens (primary N) is 1. The van der Waals surface area contributed by atoms with Gasteiger partial charge in [0.25, 0.3) is 5.91 Å². The molecule has 9 nitrogen and oxygen atoms in total. The van der Waals surface area contributed by atoms with Gasteiger partial charge >= 0.3 is 6.18 Å². The van der Waals surface area contributed by atoms with Crippen LogP contribution in [0.5, 0.6) is 0 Å². The highest BCUT2D eigenvalue weighted by Gasteiger charge is 2.47. The highest BCUT2D eigenvalue weighted by molar-refractivity contribution is 6.39. The average molecular weight is 450 g/mol. The van der Waals surface area contributed by atoms with Crippen molar-refractivity contribution in [2.75, 3.05) is 31.2 Å². The number of hydrazine groups is 1. The van der Waals surface area contributed by atoms with Gasteiger partial charge in [0.2, 0.25) is 0 Å². The lowest BCUT2D eigenvalue weighted by atomic mass is 9.98. The molecule has 2 fully saturated rings. The van der Waals surface area contributed by atoms with Crippen LogP contribution in [0, 0.1) is 5.92 Å². The summed E-state index contributed by atoms with van der Waals surface area (Å²) in [5.74, 6) is 3.61. The molecule has 3 aliphatic rings. The number of carbonyl (C=O) groups excluding carboxylic acids is 1. The number of piperidine rings is 1. The number of amides is 1. The Morgan fingerprint density at radius 2 is 2.00 bits per heavy atom. The molecule has 0 aliphatic carbocycles. The minimum absolute atomic E-state index is 0.0694. The van der Waals surface area contributed by atoms with Crippen LogP contribution in [0.3, 0.4) is 0 Å². The SMILES string of the molecule is NNC(=O)C1=NO[C@H]2COC3(CCN(c4ncc(C(F)(F)F)cc4Cl)CC3)OC[C@H]12. The molecule has 3 aliphatic heterocycles. The highest BCUT2D eigenvalue weighted by Crippen LogP contribution is 2.38. The van der Waals surface area contributed by atoms with Crippen molar-refractivity contribution in [2.45, 2.75) is 30.9 Å². The largest absolute Gasteiger partial charge is 0.417 e. The van der Waals surface area contributed by atoms with E-state index in [1.54, 1.807) is 4.90 Å². The number of aromatic nitrogens is 1. The van der Waals surface area contributed by atoms with E-state index in [-0.39, 0.29) is 29.8 Å². The first kappa shape index (κ1) is 21.1. The minimum Gasteiger partial charge on any atom is -0.389 e. The van der Waals surface area contributed by atoms with Crippen LogP contribution in [0.2, 0.25) is 5.02 Å². The zero-order valence-electron chi connectivity index (χ0n) is 15.6. The lowest BCUT2D eigenvalue weighted by Gasteiger charge is -2.41. The minimum atomic E-state index is -4.51. The molecule has 2 saturated heterocycles. The van der Waals surface area contributed by atoms with E-state index in [9.17, 15) is 18.0 Å². The van der Waals surface area contributed by atoms with Crippen molar-refractivity contribution in [3.63, 3.8) is 0 Å². The number of carbonyl (C=O) groups is 1. The topological polar surface area (TPSA) is 111 Å². The van der Waals surface area contributed by atoms with Crippen molar-refractivity contribution in [3.8, 4) is 0 Å². The summed E-state index contributed by atoms with van der Waals surface area (Å²) < 4.78 is 50.5. The number of ether oxygens (including phenoxy) is 2. The van der Waals surface area contributed by atoms with Gasteiger partial charge in [-0.15, -0.1) is 0 Å². The van der Waals surface area contributed by atoms with Crippen molar-refractivity contribution in [1.82, 2.24) is 10.4 Å². The van der Waals surface area contributed by atoms with E-state index >= 15 is 0 Å². The quantitative estimate of drug-likeness (QED) is 0.399. The van der Waals surface area contributed by atoms with Crippen LogP contribution >= 0.6 is 11.6 Å². The molecule has 0 radical (unpaired) electrons. The maximum Gasteiger partial charge on any atom is 0.417 e. The van der Waals surface area contributed by atoms with Gasteiger partial charge < -0.3 is 19.2 Å². The maximum atomic E-state index is 12.8. The van der Waals surface area contributed by atoms with Gasteiger partial charge in [0.05, 0.1) is 29.7 Å². The van der Waals surface area contributed by atoms with Gasteiger partial charge in [-0.3, -0.25) is 10.2 Å². The number of nitrogens with zero attached hydrogens (tertiary/aromatic N) is 3. The normalized spacial score (nSPS) is 25.9. The first-order valence-corrected chi connectivity index (χ1v) is 9.60. The number of rotatable bonds is 2. The second kappa shape index (κ2) is 7.84. The Kier molecular flexibility index (Phi) is 5.51. The van der Waals surface area contributed by atoms with Gasteiger partial charge in [-0.2, -0.15) is 13.2 Å². The predicted octanol–water partition coefficient (Wildman–Crippen LogP) is 1.46.